The summed E-state index contributed by atoms with van der Waals surface area (Å²) in [5.41, 5.74) is 0. The zero-order valence-electron chi connectivity index (χ0n) is 7.52. The van der Waals surface area contributed by atoms with Gasteiger partial charge in [0.1, 0.15) is 0 Å². The van der Waals surface area contributed by atoms with E-state index in [1.165, 1.54) is 0 Å². The summed E-state index contributed by atoms with van der Waals surface area (Å²) in [6.45, 7) is -0.0415. The Bertz CT molecular complexity index is 299. The molecule has 2 unspecified atom stereocenters. The fourth-order valence-electron chi connectivity index (χ4n) is 1.49. The van der Waals surface area contributed by atoms with Crippen molar-refractivity contribution in [1.29, 1.82) is 4.78 Å². The van der Waals surface area contributed by atoms with Gasteiger partial charge in [0, 0.05) is 27.3 Å². The van der Waals surface area contributed by atoms with Crippen LogP contribution in [0.5, 0.6) is 0 Å². The van der Waals surface area contributed by atoms with Crippen molar-refractivity contribution in [2.75, 3.05) is 25.1 Å². The molecule has 2 N–H and O–H groups in total. The summed E-state index contributed by atoms with van der Waals surface area (Å²) in [5.74, 6) is -0.163. The van der Waals surface area contributed by atoms with Gasteiger partial charge in [-0.15, -0.1) is 0 Å². The molecule has 6 heteroatoms. The van der Waals surface area contributed by atoms with Gasteiger partial charge in [0.25, 0.3) is 0 Å². The number of aliphatic carboxylic acids is 1. The molecule has 13 heavy (non-hydrogen) atoms. The van der Waals surface area contributed by atoms with E-state index in [2.05, 4.69) is 0 Å². The third kappa shape index (κ3) is 2.96. The molecule has 1 rings (SSSR count). The third-order valence-electron chi connectivity index (χ3n) is 2.25. The third-order valence-corrected chi connectivity index (χ3v) is 4.07. The minimum absolute atomic E-state index is 0.00102. The molecule has 1 fully saturated rings. The predicted molar refractivity (Wildman–Crippen MR) is 49.3 cm³/mol. The summed E-state index contributed by atoms with van der Waals surface area (Å²) in [4.78, 5) is 12.0. The molecule has 1 saturated heterocycles. The maximum atomic E-state index is 11.3. The van der Waals surface area contributed by atoms with Gasteiger partial charge in [-0.05, 0) is 13.5 Å². The van der Waals surface area contributed by atoms with Gasteiger partial charge in [-0.25, -0.2) is 4.21 Å². The van der Waals surface area contributed by atoms with Crippen molar-refractivity contribution in [3.05, 3.63) is 0 Å². The minimum Gasteiger partial charge on any atom is -0.480 e. The smallest absolute Gasteiger partial charge is 0.317 e. The zero-order valence-corrected chi connectivity index (χ0v) is 8.34. The lowest BCUT2D eigenvalue weighted by Gasteiger charge is -2.20. The van der Waals surface area contributed by atoms with E-state index >= 15 is 0 Å². The SMILES string of the molecule is CN(CC(=O)O)C1CCS(=N)(=O)C1. The van der Waals surface area contributed by atoms with Crippen molar-refractivity contribution >= 4 is 15.7 Å². The first-order valence-electron chi connectivity index (χ1n) is 4.07. The molecule has 0 aromatic heterocycles. The van der Waals surface area contributed by atoms with Gasteiger partial charge in [-0.3, -0.25) is 14.5 Å². The second-order valence-corrected chi connectivity index (χ2v) is 5.80. The van der Waals surface area contributed by atoms with Crippen molar-refractivity contribution in [1.82, 2.24) is 4.90 Å². The Balaban J connectivity index is 2.51. The molecule has 0 aromatic rings. The summed E-state index contributed by atoms with van der Waals surface area (Å²) < 4.78 is 18.6. The first kappa shape index (κ1) is 10.5. The summed E-state index contributed by atoms with van der Waals surface area (Å²) in [5, 5.41) is 8.51. The number of hydrogen-bond acceptors (Lipinski definition) is 4. The summed E-state index contributed by atoms with van der Waals surface area (Å²) in [7, 11) is -0.717. The fraction of sp³-hybridized carbons (Fsp3) is 0.857. The van der Waals surface area contributed by atoms with E-state index in [-0.39, 0.29) is 12.6 Å². The van der Waals surface area contributed by atoms with Gasteiger partial charge in [-0.1, -0.05) is 0 Å². The highest BCUT2D eigenvalue weighted by atomic mass is 32.2. The summed E-state index contributed by atoms with van der Waals surface area (Å²) in [6.07, 6.45) is 0.673. The second-order valence-electron chi connectivity index (χ2n) is 3.43. The van der Waals surface area contributed by atoms with Crippen molar-refractivity contribution in [2.45, 2.75) is 12.5 Å². The monoisotopic (exact) mass is 206 g/mol. The van der Waals surface area contributed by atoms with E-state index in [0.717, 1.165) is 0 Å². The molecule has 0 saturated carbocycles. The van der Waals surface area contributed by atoms with Crippen LogP contribution in [-0.4, -0.2) is 51.3 Å². The van der Waals surface area contributed by atoms with Gasteiger partial charge in [0.05, 0.1) is 6.54 Å². The Kier molecular flexibility index (Phi) is 2.92. The van der Waals surface area contributed by atoms with Crippen LogP contribution in [0.2, 0.25) is 0 Å². The van der Waals surface area contributed by atoms with E-state index in [9.17, 15) is 9.00 Å². The van der Waals surface area contributed by atoms with Crippen LogP contribution in [-0.2, 0) is 14.5 Å². The topological polar surface area (TPSA) is 81.5 Å². The normalized spacial score (nSPS) is 33.8. The molecule has 0 aliphatic carbocycles. The number of hydrogen-bond donors (Lipinski definition) is 2. The van der Waals surface area contributed by atoms with E-state index < -0.39 is 15.7 Å². The number of carboxylic acids is 1. The van der Waals surface area contributed by atoms with Gasteiger partial charge in [-0.2, -0.15) is 0 Å². The van der Waals surface area contributed by atoms with Crippen LogP contribution in [0.1, 0.15) is 6.42 Å². The minimum atomic E-state index is -2.41. The average molecular weight is 206 g/mol. The standard InChI is InChI=1S/C7H14N2O3S/c1-9(4-7(10)11)6-2-3-13(8,12)5-6/h6,8H,2-5H2,1H3,(H,10,11). The Hall–Kier alpha value is -0.620. The molecular formula is C7H14N2O3S. The highest BCUT2D eigenvalue weighted by Gasteiger charge is 2.28. The first-order valence-corrected chi connectivity index (χ1v) is 5.96. The lowest BCUT2D eigenvalue weighted by Crippen LogP contribution is -2.36. The highest BCUT2D eigenvalue weighted by Crippen LogP contribution is 2.16. The van der Waals surface area contributed by atoms with E-state index in [0.29, 0.717) is 17.9 Å². The molecule has 0 aromatic carbocycles. The zero-order chi connectivity index (χ0) is 10.1. The molecule has 1 aliphatic heterocycles. The van der Waals surface area contributed by atoms with E-state index in [1.54, 1.807) is 11.9 Å². The molecule has 5 nitrogen and oxygen atoms in total. The highest BCUT2D eigenvalue weighted by molar-refractivity contribution is 7.92. The maximum absolute atomic E-state index is 11.3. The van der Waals surface area contributed by atoms with E-state index in [4.69, 9.17) is 9.89 Å². The number of rotatable bonds is 3. The van der Waals surface area contributed by atoms with Crippen LogP contribution < -0.4 is 0 Å². The Morgan fingerprint density at radius 1 is 1.77 bits per heavy atom. The van der Waals surface area contributed by atoms with Gasteiger partial charge in [0.2, 0.25) is 0 Å². The lowest BCUT2D eigenvalue weighted by molar-refractivity contribution is -0.138. The molecule has 0 spiro atoms. The van der Waals surface area contributed by atoms with E-state index in [1.807, 2.05) is 0 Å². The fourth-order valence-corrected chi connectivity index (χ4v) is 3.36. The van der Waals surface area contributed by atoms with Crippen LogP contribution in [0, 0.1) is 4.78 Å². The number of carboxylic acid groups (broad SMARTS) is 1. The molecule has 76 valence electrons. The number of carbonyl (C=O) groups is 1. The molecule has 0 amide bonds. The second kappa shape index (κ2) is 3.63. The largest absolute Gasteiger partial charge is 0.480 e. The molecule has 0 bridgehead atoms. The number of nitrogens with zero attached hydrogens (tertiary/aromatic N) is 1. The van der Waals surface area contributed by atoms with Crippen LogP contribution >= 0.6 is 0 Å². The summed E-state index contributed by atoms with van der Waals surface area (Å²) >= 11 is 0. The first-order chi connectivity index (χ1) is 5.91. The van der Waals surface area contributed by atoms with Crippen molar-refractivity contribution in [2.24, 2.45) is 0 Å². The van der Waals surface area contributed by atoms with Crippen LogP contribution in [0.3, 0.4) is 0 Å². The Morgan fingerprint density at radius 2 is 2.38 bits per heavy atom. The Morgan fingerprint density at radius 3 is 2.77 bits per heavy atom. The lowest BCUT2D eigenvalue weighted by atomic mass is 10.2. The maximum Gasteiger partial charge on any atom is 0.317 e. The van der Waals surface area contributed by atoms with Gasteiger partial charge in [0.15, 0.2) is 0 Å². The van der Waals surface area contributed by atoms with Crippen molar-refractivity contribution < 1.29 is 14.1 Å². The van der Waals surface area contributed by atoms with Gasteiger partial charge >= 0.3 is 5.97 Å². The average Bonchev–Trinajstić information content (AvgIpc) is 2.28. The molecule has 1 heterocycles. The van der Waals surface area contributed by atoms with Crippen molar-refractivity contribution in [3.63, 3.8) is 0 Å². The quantitative estimate of drug-likeness (QED) is 0.671. The Labute approximate surface area is 77.7 Å². The van der Waals surface area contributed by atoms with Gasteiger partial charge < -0.3 is 5.11 Å². The van der Waals surface area contributed by atoms with Crippen LogP contribution in [0.4, 0.5) is 0 Å². The summed E-state index contributed by atoms with van der Waals surface area (Å²) in [6, 6.07) is 0.00102. The van der Waals surface area contributed by atoms with Crippen molar-refractivity contribution in [3.8, 4) is 0 Å². The molecule has 1 aliphatic rings. The molecule has 0 radical (unpaired) electrons. The number of nitrogens with one attached hydrogen (secondary N) is 1. The number of likely N-dealkylation sites (N-methyl/N-ethyl adjacent to an activating group) is 1. The van der Waals surface area contributed by atoms with Crippen LogP contribution in [0.15, 0.2) is 0 Å². The molecular weight excluding hydrogens is 192 g/mol. The van der Waals surface area contributed by atoms with Crippen LogP contribution in [0.25, 0.3) is 0 Å². The molecule has 2 atom stereocenters. The predicted octanol–water partition coefficient (Wildman–Crippen LogP) is -0.178.